The maximum atomic E-state index is 11.4. The average molecular weight is 234 g/mol. The molecule has 0 saturated heterocycles. The molecular formula is C11H14N4O2. The minimum absolute atomic E-state index is 0.114. The van der Waals surface area contributed by atoms with Gasteiger partial charge in [0.25, 0.3) is 0 Å². The number of ether oxygens (including phenoxy) is 1. The first-order valence-corrected chi connectivity index (χ1v) is 5.09. The predicted octanol–water partition coefficient (Wildman–Crippen LogP) is 0.781. The molecule has 17 heavy (non-hydrogen) atoms. The molecule has 0 spiro atoms. The molecule has 1 rings (SSSR count). The molecule has 1 aromatic rings. The van der Waals surface area contributed by atoms with Gasteiger partial charge in [0, 0.05) is 7.05 Å². The Bertz CT molecular complexity index is 508. The van der Waals surface area contributed by atoms with E-state index in [2.05, 4.69) is 4.98 Å². The van der Waals surface area contributed by atoms with Crippen LogP contribution in [0.5, 0.6) is 0 Å². The number of hydrogen-bond acceptors (Lipinski definition) is 5. The van der Waals surface area contributed by atoms with Crippen LogP contribution in [0.1, 0.15) is 18.4 Å². The van der Waals surface area contributed by atoms with Gasteiger partial charge in [0.1, 0.15) is 29.0 Å². The Morgan fingerprint density at radius 3 is 2.76 bits per heavy atom. The standard InChI is InChI=1S/C11H14N4O2/c1-4-17-11(16)8(6-12)5-9-10(13)15(3)7(2)14-9/h5H,4,13H2,1-3H3/b8-5+. The second-order valence-electron chi connectivity index (χ2n) is 3.38. The third kappa shape index (κ3) is 2.64. The van der Waals surface area contributed by atoms with Crippen LogP contribution in [0.4, 0.5) is 5.82 Å². The topological polar surface area (TPSA) is 93.9 Å². The summed E-state index contributed by atoms with van der Waals surface area (Å²) in [6.45, 7) is 3.67. The van der Waals surface area contributed by atoms with Crippen molar-refractivity contribution in [1.29, 1.82) is 5.26 Å². The number of aryl methyl sites for hydroxylation is 1. The molecule has 0 fully saturated rings. The number of nitriles is 1. The molecule has 6 heteroatoms. The van der Waals surface area contributed by atoms with Gasteiger partial charge in [0.15, 0.2) is 0 Å². The Kier molecular flexibility index (Phi) is 3.88. The SMILES string of the molecule is CCOC(=O)/C(C#N)=C/c1nc(C)n(C)c1N. The number of nitrogens with two attached hydrogens (primary N) is 1. The maximum Gasteiger partial charge on any atom is 0.348 e. The van der Waals surface area contributed by atoms with Crippen LogP contribution >= 0.6 is 0 Å². The monoisotopic (exact) mass is 234 g/mol. The van der Waals surface area contributed by atoms with Crippen molar-refractivity contribution in [3.05, 3.63) is 17.1 Å². The normalized spacial score (nSPS) is 11.1. The van der Waals surface area contributed by atoms with Crippen LogP contribution in [0.2, 0.25) is 0 Å². The van der Waals surface area contributed by atoms with Crippen LogP contribution in [-0.4, -0.2) is 22.1 Å². The van der Waals surface area contributed by atoms with Gasteiger partial charge in [-0.25, -0.2) is 9.78 Å². The first-order chi connectivity index (χ1) is 8.01. The number of carbonyl (C=O) groups excluding carboxylic acids is 1. The summed E-state index contributed by atoms with van der Waals surface area (Å²) in [4.78, 5) is 15.5. The zero-order valence-electron chi connectivity index (χ0n) is 10.0. The van der Waals surface area contributed by atoms with E-state index in [9.17, 15) is 4.79 Å². The van der Waals surface area contributed by atoms with Gasteiger partial charge in [-0.1, -0.05) is 0 Å². The lowest BCUT2D eigenvalue weighted by molar-refractivity contribution is -0.137. The lowest BCUT2D eigenvalue weighted by atomic mass is 10.2. The van der Waals surface area contributed by atoms with E-state index < -0.39 is 5.97 Å². The predicted molar refractivity (Wildman–Crippen MR) is 62.6 cm³/mol. The van der Waals surface area contributed by atoms with Crippen LogP contribution in [0.15, 0.2) is 5.57 Å². The molecule has 1 heterocycles. The molecule has 2 N–H and O–H groups in total. The number of hydrogen-bond donors (Lipinski definition) is 1. The summed E-state index contributed by atoms with van der Waals surface area (Å²) in [5.41, 5.74) is 6.06. The average Bonchev–Trinajstić information content (AvgIpc) is 2.54. The fourth-order valence-corrected chi connectivity index (χ4v) is 1.24. The molecule has 0 aliphatic carbocycles. The number of nitrogen functional groups attached to an aromatic ring is 1. The summed E-state index contributed by atoms with van der Waals surface area (Å²) in [7, 11) is 1.76. The lowest BCUT2D eigenvalue weighted by Crippen LogP contribution is -2.06. The lowest BCUT2D eigenvalue weighted by Gasteiger charge is -1.99. The molecule has 0 atom stereocenters. The number of esters is 1. The van der Waals surface area contributed by atoms with Crippen LogP contribution in [0, 0.1) is 18.3 Å². The van der Waals surface area contributed by atoms with Gasteiger partial charge in [-0.2, -0.15) is 5.26 Å². The second-order valence-corrected chi connectivity index (χ2v) is 3.38. The Labute approximate surface area is 99.3 Å². The smallest absolute Gasteiger partial charge is 0.348 e. The summed E-state index contributed by atoms with van der Waals surface area (Å²) >= 11 is 0. The fraction of sp³-hybridized carbons (Fsp3) is 0.364. The van der Waals surface area contributed by atoms with Gasteiger partial charge >= 0.3 is 5.97 Å². The van der Waals surface area contributed by atoms with Crippen LogP contribution in [-0.2, 0) is 16.6 Å². The van der Waals surface area contributed by atoms with Gasteiger partial charge in [0.2, 0.25) is 0 Å². The first kappa shape index (κ1) is 12.8. The Morgan fingerprint density at radius 2 is 2.35 bits per heavy atom. The van der Waals surface area contributed by atoms with Crippen molar-refractivity contribution < 1.29 is 9.53 Å². The van der Waals surface area contributed by atoms with Crippen LogP contribution in [0.25, 0.3) is 6.08 Å². The number of anilines is 1. The summed E-state index contributed by atoms with van der Waals surface area (Å²) < 4.78 is 6.41. The van der Waals surface area contributed by atoms with E-state index in [0.717, 1.165) is 0 Å². The van der Waals surface area contributed by atoms with E-state index in [4.69, 9.17) is 15.7 Å². The molecule has 0 amide bonds. The van der Waals surface area contributed by atoms with Crippen molar-refractivity contribution in [1.82, 2.24) is 9.55 Å². The molecule has 0 saturated carbocycles. The summed E-state index contributed by atoms with van der Waals surface area (Å²) in [6, 6.07) is 1.77. The molecule has 0 radical (unpaired) electrons. The van der Waals surface area contributed by atoms with Crippen molar-refractivity contribution in [2.75, 3.05) is 12.3 Å². The zero-order valence-corrected chi connectivity index (χ0v) is 10.0. The highest BCUT2D eigenvalue weighted by Gasteiger charge is 2.13. The number of nitrogens with zero attached hydrogens (tertiary/aromatic N) is 3. The van der Waals surface area contributed by atoms with Gasteiger partial charge < -0.3 is 15.0 Å². The van der Waals surface area contributed by atoms with E-state index in [1.807, 2.05) is 0 Å². The largest absolute Gasteiger partial charge is 0.462 e. The summed E-state index contributed by atoms with van der Waals surface area (Å²) in [5, 5.41) is 8.86. The zero-order chi connectivity index (χ0) is 13.0. The van der Waals surface area contributed by atoms with Gasteiger partial charge in [-0.05, 0) is 19.9 Å². The molecule has 90 valence electrons. The Morgan fingerprint density at radius 1 is 1.71 bits per heavy atom. The summed E-state index contributed by atoms with van der Waals surface area (Å²) in [6.07, 6.45) is 1.33. The van der Waals surface area contributed by atoms with Gasteiger partial charge in [-0.3, -0.25) is 0 Å². The third-order valence-corrected chi connectivity index (χ3v) is 2.29. The van der Waals surface area contributed by atoms with E-state index in [1.165, 1.54) is 6.08 Å². The van der Waals surface area contributed by atoms with Gasteiger partial charge in [0.05, 0.1) is 6.61 Å². The molecule has 0 aliphatic rings. The minimum atomic E-state index is -0.669. The van der Waals surface area contributed by atoms with E-state index in [-0.39, 0.29) is 12.2 Å². The molecular weight excluding hydrogens is 220 g/mol. The van der Waals surface area contributed by atoms with Crippen molar-refractivity contribution >= 4 is 17.9 Å². The Balaban J connectivity index is 3.12. The fourth-order valence-electron chi connectivity index (χ4n) is 1.24. The van der Waals surface area contributed by atoms with E-state index >= 15 is 0 Å². The highest BCUT2D eigenvalue weighted by atomic mass is 16.5. The highest BCUT2D eigenvalue weighted by molar-refractivity contribution is 5.98. The van der Waals surface area contributed by atoms with Crippen molar-refractivity contribution in [2.45, 2.75) is 13.8 Å². The molecule has 6 nitrogen and oxygen atoms in total. The molecule has 1 aromatic heterocycles. The van der Waals surface area contributed by atoms with E-state index in [1.54, 1.807) is 31.5 Å². The van der Waals surface area contributed by atoms with Gasteiger partial charge in [-0.15, -0.1) is 0 Å². The van der Waals surface area contributed by atoms with E-state index in [0.29, 0.717) is 17.3 Å². The number of aromatic nitrogens is 2. The van der Waals surface area contributed by atoms with Crippen LogP contribution < -0.4 is 5.73 Å². The van der Waals surface area contributed by atoms with Crippen molar-refractivity contribution in [3.63, 3.8) is 0 Å². The quantitative estimate of drug-likeness (QED) is 0.474. The highest BCUT2D eigenvalue weighted by Crippen LogP contribution is 2.16. The summed E-state index contributed by atoms with van der Waals surface area (Å²) in [5.74, 6) is 0.437. The molecule has 0 unspecified atom stereocenters. The molecule has 0 aromatic carbocycles. The number of carbonyl (C=O) groups is 1. The third-order valence-electron chi connectivity index (χ3n) is 2.29. The van der Waals surface area contributed by atoms with Crippen LogP contribution in [0.3, 0.4) is 0 Å². The Hall–Kier alpha value is -2.29. The van der Waals surface area contributed by atoms with Crippen molar-refractivity contribution in [3.8, 4) is 6.07 Å². The maximum absolute atomic E-state index is 11.4. The first-order valence-electron chi connectivity index (χ1n) is 5.09. The minimum Gasteiger partial charge on any atom is -0.462 e. The molecule has 0 bridgehead atoms. The molecule has 0 aliphatic heterocycles. The second kappa shape index (κ2) is 5.16. The number of rotatable bonds is 3. The number of imidazole rings is 1. The van der Waals surface area contributed by atoms with Crippen molar-refractivity contribution in [2.24, 2.45) is 7.05 Å².